The van der Waals surface area contributed by atoms with E-state index in [0.717, 1.165) is 16.0 Å². The SMILES string of the molecule is COc1c[c]([Ge])nnc1C. The molecule has 0 aliphatic carbocycles. The first-order valence-corrected chi connectivity index (χ1v) is 3.89. The van der Waals surface area contributed by atoms with Gasteiger partial charge in [-0.25, -0.2) is 0 Å². The van der Waals surface area contributed by atoms with Gasteiger partial charge in [-0.1, -0.05) is 0 Å². The summed E-state index contributed by atoms with van der Waals surface area (Å²) in [6.45, 7) is 1.87. The Labute approximate surface area is 68.0 Å². The first kappa shape index (κ1) is 7.53. The predicted octanol–water partition coefficient (Wildman–Crippen LogP) is -0.413. The normalized spacial score (nSPS) is 9.50. The summed E-state index contributed by atoms with van der Waals surface area (Å²) in [4.78, 5) is 0. The molecule has 0 bridgehead atoms. The molecule has 1 rings (SSSR count). The summed E-state index contributed by atoms with van der Waals surface area (Å²) < 4.78 is 5.90. The molecular formula is C6H7GeN2O. The molecule has 0 amide bonds. The van der Waals surface area contributed by atoms with E-state index >= 15 is 0 Å². The van der Waals surface area contributed by atoms with Crippen molar-refractivity contribution in [3.8, 4) is 5.75 Å². The van der Waals surface area contributed by atoms with Gasteiger partial charge < -0.3 is 0 Å². The van der Waals surface area contributed by atoms with Gasteiger partial charge in [-0.3, -0.25) is 0 Å². The number of methoxy groups -OCH3 is 1. The third kappa shape index (κ3) is 1.47. The number of rotatable bonds is 1. The molecule has 51 valence electrons. The van der Waals surface area contributed by atoms with Crippen LogP contribution in [-0.2, 0) is 0 Å². The first-order chi connectivity index (χ1) is 4.74. The van der Waals surface area contributed by atoms with Crippen LogP contribution >= 0.6 is 0 Å². The van der Waals surface area contributed by atoms with E-state index in [1.165, 1.54) is 0 Å². The summed E-state index contributed by atoms with van der Waals surface area (Å²) in [5.74, 6) is 0.799. The van der Waals surface area contributed by atoms with Gasteiger partial charge in [-0.2, -0.15) is 0 Å². The Morgan fingerprint density at radius 3 is 2.70 bits per heavy atom. The Morgan fingerprint density at radius 1 is 1.50 bits per heavy atom. The zero-order valence-corrected chi connectivity index (χ0v) is 7.98. The molecule has 0 aliphatic rings. The molecule has 1 aromatic rings. The van der Waals surface area contributed by atoms with Crippen molar-refractivity contribution in [1.82, 2.24) is 10.2 Å². The molecule has 0 unspecified atom stereocenters. The van der Waals surface area contributed by atoms with Gasteiger partial charge in [0.25, 0.3) is 0 Å². The van der Waals surface area contributed by atoms with Crippen LogP contribution in [0.5, 0.6) is 5.75 Å². The summed E-state index contributed by atoms with van der Waals surface area (Å²) in [7, 11) is 1.63. The van der Waals surface area contributed by atoms with Crippen molar-refractivity contribution in [3.05, 3.63) is 11.8 Å². The van der Waals surface area contributed by atoms with Crippen molar-refractivity contribution in [2.45, 2.75) is 6.92 Å². The minimum absolute atomic E-state index is 0.799. The molecule has 0 N–H and O–H groups in total. The number of hydrogen-bond donors (Lipinski definition) is 0. The molecule has 0 spiro atoms. The number of aryl methyl sites for hydroxylation is 1. The van der Waals surface area contributed by atoms with Crippen LogP contribution in [-0.4, -0.2) is 33.8 Å². The van der Waals surface area contributed by atoms with Crippen molar-refractivity contribution < 1.29 is 4.74 Å². The zero-order valence-electron chi connectivity index (χ0n) is 5.88. The van der Waals surface area contributed by atoms with Crippen LogP contribution in [0.15, 0.2) is 6.07 Å². The molecule has 3 radical (unpaired) electrons. The van der Waals surface area contributed by atoms with Crippen molar-refractivity contribution in [1.29, 1.82) is 0 Å². The zero-order chi connectivity index (χ0) is 7.56. The van der Waals surface area contributed by atoms with Gasteiger partial charge >= 0.3 is 67.5 Å². The molecule has 0 saturated heterocycles. The fourth-order valence-electron chi connectivity index (χ4n) is 0.642. The van der Waals surface area contributed by atoms with Crippen LogP contribution < -0.4 is 9.26 Å². The van der Waals surface area contributed by atoms with Crippen molar-refractivity contribution in [2.75, 3.05) is 7.11 Å². The third-order valence-corrected chi connectivity index (χ3v) is 1.66. The Morgan fingerprint density at radius 2 is 2.20 bits per heavy atom. The fourth-order valence-corrected chi connectivity index (χ4v) is 1.02. The number of aromatic nitrogens is 2. The van der Waals surface area contributed by atoms with Crippen LogP contribution in [0.2, 0.25) is 0 Å². The first-order valence-electron chi connectivity index (χ1n) is 2.84. The molecule has 0 aromatic carbocycles. The van der Waals surface area contributed by atoms with Crippen LogP contribution in [0.25, 0.3) is 0 Å². The summed E-state index contributed by atoms with van der Waals surface area (Å²) in [6.07, 6.45) is 0. The van der Waals surface area contributed by atoms with Crippen LogP contribution in [0.3, 0.4) is 0 Å². The minimum atomic E-state index is 0.799. The van der Waals surface area contributed by atoms with Gasteiger partial charge in [-0.05, 0) is 0 Å². The second-order valence-electron chi connectivity index (χ2n) is 1.88. The molecule has 3 nitrogen and oxygen atoms in total. The van der Waals surface area contributed by atoms with Gasteiger partial charge in [0.15, 0.2) is 0 Å². The molecule has 0 fully saturated rings. The Kier molecular flexibility index (Phi) is 2.26. The molecular weight excluding hydrogens is 189 g/mol. The molecule has 0 saturated carbocycles. The van der Waals surface area contributed by atoms with Gasteiger partial charge in [0.05, 0.1) is 0 Å². The van der Waals surface area contributed by atoms with E-state index in [0.29, 0.717) is 0 Å². The van der Waals surface area contributed by atoms with Gasteiger partial charge in [0.1, 0.15) is 0 Å². The van der Waals surface area contributed by atoms with Gasteiger partial charge in [-0.15, -0.1) is 0 Å². The monoisotopic (exact) mass is 197 g/mol. The van der Waals surface area contributed by atoms with E-state index in [-0.39, 0.29) is 0 Å². The summed E-state index contributed by atoms with van der Waals surface area (Å²) in [6, 6.07) is 1.86. The Balaban J connectivity index is 3.09. The van der Waals surface area contributed by atoms with E-state index in [4.69, 9.17) is 4.74 Å². The van der Waals surface area contributed by atoms with Crippen LogP contribution in [0, 0.1) is 6.92 Å². The second kappa shape index (κ2) is 3.01. The summed E-state index contributed by atoms with van der Waals surface area (Å²) >= 11 is 1.88. The summed E-state index contributed by atoms with van der Waals surface area (Å²) in [5.41, 5.74) is 0.827. The third-order valence-electron chi connectivity index (χ3n) is 1.15. The van der Waals surface area contributed by atoms with E-state index in [1.54, 1.807) is 7.11 Å². The molecule has 4 heteroatoms. The Hall–Kier alpha value is -0.577. The maximum absolute atomic E-state index is 5.02. The maximum atomic E-state index is 5.02. The molecule has 1 heterocycles. The molecule has 0 atom stereocenters. The van der Waals surface area contributed by atoms with Crippen molar-refractivity contribution in [3.63, 3.8) is 0 Å². The van der Waals surface area contributed by atoms with Crippen molar-refractivity contribution >= 4 is 21.0 Å². The van der Waals surface area contributed by atoms with Crippen molar-refractivity contribution in [2.24, 2.45) is 0 Å². The number of ether oxygens (including phenoxy) is 1. The van der Waals surface area contributed by atoms with Gasteiger partial charge in [0.2, 0.25) is 0 Å². The average Bonchev–Trinajstić information content (AvgIpc) is 1.94. The Bertz CT molecular complexity index is 239. The fraction of sp³-hybridized carbons (Fsp3) is 0.333. The van der Waals surface area contributed by atoms with E-state index in [2.05, 4.69) is 10.2 Å². The quantitative estimate of drug-likeness (QED) is 0.572. The second-order valence-corrected chi connectivity index (χ2v) is 2.96. The van der Waals surface area contributed by atoms with E-state index < -0.39 is 0 Å². The molecule has 10 heavy (non-hydrogen) atoms. The predicted molar refractivity (Wildman–Crippen MR) is 38.7 cm³/mol. The van der Waals surface area contributed by atoms with E-state index in [1.807, 2.05) is 29.5 Å². The molecule has 1 aromatic heterocycles. The number of hydrogen-bond acceptors (Lipinski definition) is 3. The molecule has 0 aliphatic heterocycles. The van der Waals surface area contributed by atoms with Crippen LogP contribution in [0.1, 0.15) is 5.69 Å². The average molecular weight is 196 g/mol. The summed E-state index contributed by atoms with van der Waals surface area (Å²) in [5, 5.41) is 7.73. The standard InChI is InChI=1S/C6H7GeN2O/c1-4-5(10-2)3-6(7)9-8-4/h3H,1-2H3. The number of nitrogens with zero attached hydrogens (tertiary/aromatic N) is 2. The van der Waals surface area contributed by atoms with Crippen LogP contribution in [0.4, 0.5) is 0 Å². The topological polar surface area (TPSA) is 35.0 Å². The van der Waals surface area contributed by atoms with Gasteiger partial charge in [0, 0.05) is 0 Å². The van der Waals surface area contributed by atoms with E-state index in [9.17, 15) is 0 Å².